The Balaban J connectivity index is 0.000000120. The van der Waals surface area contributed by atoms with E-state index in [9.17, 15) is 4.79 Å². The molecule has 0 aromatic carbocycles. The third kappa shape index (κ3) is 3.86. The zero-order valence-corrected chi connectivity index (χ0v) is 7.59. The van der Waals surface area contributed by atoms with Crippen molar-refractivity contribution < 1.29 is 9.90 Å². The van der Waals surface area contributed by atoms with Crippen LogP contribution in [0.25, 0.3) is 0 Å². The van der Waals surface area contributed by atoms with Gasteiger partial charge in [0.15, 0.2) is 0 Å². The van der Waals surface area contributed by atoms with E-state index in [4.69, 9.17) is 5.11 Å². The SMILES string of the molecule is O=C1CCCC1.OC1CCCC1. The van der Waals surface area contributed by atoms with Crippen LogP contribution in [0, 0.1) is 0 Å². The van der Waals surface area contributed by atoms with Crippen LogP contribution in [0.5, 0.6) is 0 Å². The Labute approximate surface area is 74.0 Å². The smallest absolute Gasteiger partial charge is 0.132 e. The van der Waals surface area contributed by atoms with Crippen molar-refractivity contribution in [2.24, 2.45) is 0 Å². The molecule has 2 fully saturated rings. The molecule has 0 aromatic rings. The molecule has 2 saturated carbocycles. The number of rotatable bonds is 0. The first-order valence-electron chi connectivity index (χ1n) is 4.99. The second kappa shape index (κ2) is 5.31. The fraction of sp³-hybridized carbons (Fsp3) is 0.900. The highest BCUT2D eigenvalue weighted by Crippen LogP contribution is 2.16. The van der Waals surface area contributed by atoms with Crippen LogP contribution in [-0.2, 0) is 4.79 Å². The van der Waals surface area contributed by atoms with Gasteiger partial charge in [0.25, 0.3) is 0 Å². The maximum Gasteiger partial charge on any atom is 0.132 e. The van der Waals surface area contributed by atoms with Crippen molar-refractivity contribution in [2.75, 3.05) is 0 Å². The number of hydrogen-bond acceptors (Lipinski definition) is 2. The maximum absolute atomic E-state index is 10.2. The minimum atomic E-state index is 0.0463. The molecule has 0 unspecified atom stereocenters. The van der Waals surface area contributed by atoms with Gasteiger partial charge < -0.3 is 5.11 Å². The molecular formula is C10H18O2. The van der Waals surface area contributed by atoms with E-state index in [1.165, 1.54) is 12.8 Å². The molecule has 0 aliphatic heterocycles. The molecule has 0 heterocycles. The summed E-state index contributed by atoms with van der Waals surface area (Å²) in [5.74, 6) is 0.454. The van der Waals surface area contributed by atoms with Crippen LogP contribution in [0.2, 0.25) is 0 Å². The summed E-state index contributed by atoms with van der Waals surface area (Å²) in [6, 6.07) is 0. The number of ketones is 1. The van der Waals surface area contributed by atoms with Crippen LogP contribution in [0.4, 0.5) is 0 Å². The van der Waals surface area contributed by atoms with E-state index in [1.54, 1.807) is 0 Å². The van der Waals surface area contributed by atoms with Crippen LogP contribution in [0.3, 0.4) is 0 Å². The quantitative estimate of drug-likeness (QED) is 0.604. The Kier molecular flexibility index (Phi) is 4.30. The van der Waals surface area contributed by atoms with Crippen molar-refractivity contribution in [3.05, 3.63) is 0 Å². The Morgan fingerprint density at radius 1 is 1.00 bits per heavy atom. The topological polar surface area (TPSA) is 37.3 Å². The predicted molar refractivity (Wildman–Crippen MR) is 47.9 cm³/mol. The van der Waals surface area contributed by atoms with E-state index in [1.807, 2.05) is 0 Å². The number of carbonyl (C=O) groups is 1. The van der Waals surface area contributed by atoms with Crippen molar-refractivity contribution in [2.45, 2.75) is 57.5 Å². The maximum atomic E-state index is 10.2. The number of hydrogen-bond donors (Lipinski definition) is 1. The molecule has 0 saturated heterocycles. The van der Waals surface area contributed by atoms with Gasteiger partial charge in [0.05, 0.1) is 6.10 Å². The summed E-state index contributed by atoms with van der Waals surface area (Å²) < 4.78 is 0. The van der Waals surface area contributed by atoms with Crippen LogP contribution >= 0.6 is 0 Å². The van der Waals surface area contributed by atoms with E-state index in [0.717, 1.165) is 38.5 Å². The molecule has 0 aromatic heterocycles. The highest BCUT2D eigenvalue weighted by molar-refractivity contribution is 5.79. The van der Waals surface area contributed by atoms with Crippen molar-refractivity contribution in [1.82, 2.24) is 0 Å². The number of aliphatic hydroxyl groups is 1. The Morgan fingerprint density at radius 3 is 1.67 bits per heavy atom. The lowest BCUT2D eigenvalue weighted by atomic mass is 10.3. The Morgan fingerprint density at radius 2 is 1.50 bits per heavy atom. The van der Waals surface area contributed by atoms with E-state index in [-0.39, 0.29) is 6.10 Å². The Hall–Kier alpha value is -0.370. The van der Waals surface area contributed by atoms with Crippen molar-refractivity contribution >= 4 is 5.78 Å². The number of Topliss-reactive ketones (excluding diaryl/α,β-unsaturated/α-hetero) is 1. The molecule has 0 spiro atoms. The van der Waals surface area contributed by atoms with Gasteiger partial charge in [-0.05, 0) is 25.7 Å². The summed E-state index contributed by atoms with van der Waals surface area (Å²) in [6.45, 7) is 0. The standard InChI is InChI=1S/C5H10O.C5H8O/c2*6-5-3-1-2-4-5/h5-6H,1-4H2;1-4H2. The summed E-state index contributed by atoms with van der Waals surface area (Å²) >= 11 is 0. The molecule has 2 aliphatic carbocycles. The van der Waals surface area contributed by atoms with Gasteiger partial charge >= 0.3 is 0 Å². The summed E-state index contributed by atoms with van der Waals surface area (Å²) in [5.41, 5.74) is 0. The van der Waals surface area contributed by atoms with Gasteiger partial charge in [0.1, 0.15) is 5.78 Å². The average molecular weight is 170 g/mol. The molecule has 2 aliphatic rings. The number of aliphatic hydroxyl groups excluding tert-OH is 1. The van der Waals surface area contributed by atoms with Gasteiger partial charge in [-0.1, -0.05) is 12.8 Å². The first kappa shape index (κ1) is 9.72. The van der Waals surface area contributed by atoms with Crippen molar-refractivity contribution in [3.63, 3.8) is 0 Å². The molecule has 1 N–H and O–H groups in total. The van der Waals surface area contributed by atoms with Gasteiger partial charge in [0.2, 0.25) is 0 Å². The second-order valence-corrected chi connectivity index (χ2v) is 3.68. The van der Waals surface area contributed by atoms with Crippen molar-refractivity contribution in [1.29, 1.82) is 0 Å². The number of carbonyl (C=O) groups excluding carboxylic acids is 1. The zero-order chi connectivity index (χ0) is 8.81. The molecule has 2 heteroatoms. The van der Waals surface area contributed by atoms with E-state index in [0.29, 0.717) is 5.78 Å². The van der Waals surface area contributed by atoms with Gasteiger partial charge in [0, 0.05) is 12.8 Å². The summed E-state index contributed by atoms with van der Waals surface area (Å²) in [5, 5.41) is 8.73. The molecule has 0 radical (unpaired) electrons. The van der Waals surface area contributed by atoms with E-state index < -0.39 is 0 Å². The van der Waals surface area contributed by atoms with Gasteiger partial charge in [-0.15, -0.1) is 0 Å². The third-order valence-electron chi connectivity index (χ3n) is 2.49. The average Bonchev–Trinajstić information content (AvgIpc) is 2.63. The first-order valence-corrected chi connectivity index (χ1v) is 4.99. The fourth-order valence-corrected chi connectivity index (χ4v) is 1.67. The van der Waals surface area contributed by atoms with Crippen molar-refractivity contribution in [3.8, 4) is 0 Å². The molecule has 2 nitrogen and oxygen atoms in total. The molecule has 2 rings (SSSR count). The van der Waals surface area contributed by atoms with Crippen LogP contribution in [0.1, 0.15) is 51.4 Å². The minimum Gasteiger partial charge on any atom is -0.393 e. The van der Waals surface area contributed by atoms with E-state index >= 15 is 0 Å². The largest absolute Gasteiger partial charge is 0.393 e. The molecule has 0 atom stereocenters. The normalized spacial score (nSPS) is 23.9. The highest BCUT2D eigenvalue weighted by atomic mass is 16.3. The van der Waals surface area contributed by atoms with E-state index in [2.05, 4.69) is 0 Å². The lowest BCUT2D eigenvalue weighted by Crippen LogP contribution is -1.94. The molecular weight excluding hydrogens is 152 g/mol. The first-order chi connectivity index (χ1) is 5.79. The highest BCUT2D eigenvalue weighted by Gasteiger charge is 2.09. The van der Waals surface area contributed by atoms with Gasteiger partial charge in [-0.25, -0.2) is 0 Å². The minimum absolute atomic E-state index is 0.0463. The summed E-state index contributed by atoms with van der Waals surface area (Å²) in [4.78, 5) is 10.2. The second-order valence-electron chi connectivity index (χ2n) is 3.68. The molecule has 12 heavy (non-hydrogen) atoms. The van der Waals surface area contributed by atoms with Crippen LogP contribution in [-0.4, -0.2) is 17.0 Å². The lowest BCUT2D eigenvalue weighted by molar-refractivity contribution is -0.117. The Bertz CT molecular complexity index is 129. The molecule has 0 amide bonds. The van der Waals surface area contributed by atoms with Crippen LogP contribution < -0.4 is 0 Å². The fourth-order valence-electron chi connectivity index (χ4n) is 1.67. The molecule has 70 valence electrons. The zero-order valence-electron chi connectivity index (χ0n) is 7.59. The lowest BCUT2D eigenvalue weighted by Gasteiger charge is -1.91. The van der Waals surface area contributed by atoms with Gasteiger partial charge in [-0.3, -0.25) is 4.79 Å². The predicted octanol–water partition coefficient (Wildman–Crippen LogP) is 2.05. The monoisotopic (exact) mass is 170 g/mol. The summed E-state index contributed by atoms with van der Waals surface area (Å²) in [6.07, 6.45) is 8.57. The third-order valence-corrected chi connectivity index (χ3v) is 2.49. The summed E-state index contributed by atoms with van der Waals surface area (Å²) in [7, 11) is 0. The van der Waals surface area contributed by atoms with Gasteiger partial charge in [-0.2, -0.15) is 0 Å². The molecule has 0 bridgehead atoms. The van der Waals surface area contributed by atoms with Crippen LogP contribution in [0.15, 0.2) is 0 Å².